The van der Waals surface area contributed by atoms with Crippen LogP contribution in [0.25, 0.3) is 0 Å². The van der Waals surface area contributed by atoms with Gasteiger partial charge in [0, 0.05) is 11.2 Å². The van der Waals surface area contributed by atoms with Gasteiger partial charge in [0.25, 0.3) is 5.91 Å². The van der Waals surface area contributed by atoms with Crippen LogP contribution in [0.2, 0.25) is 0 Å². The largest absolute Gasteiger partial charge is 0.346 e. The molecule has 20 heavy (non-hydrogen) atoms. The molecule has 0 unspecified atom stereocenters. The predicted molar refractivity (Wildman–Crippen MR) is 82.7 cm³/mol. The monoisotopic (exact) mass is 279 g/mol. The standard InChI is InChI=1S/C16H29N3O/c1-11(2)8-12-9-13(19-18-12)14(20)17-16(6,7)10-15(3,4)5/h9,11H,8,10H2,1-7H3,(H,17,20)(H,18,19). The number of hydrogen-bond donors (Lipinski definition) is 2. The summed E-state index contributed by atoms with van der Waals surface area (Å²) in [6.45, 7) is 14.9. The number of nitrogens with zero attached hydrogens (tertiary/aromatic N) is 1. The van der Waals surface area contributed by atoms with E-state index >= 15 is 0 Å². The quantitative estimate of drug-likeness (QED) is 0.866. The molecule has 0 saturated heterocycles. The molecule has 4 nitrogen and oxygen atoms in total. The van der Waals surface area contributed by atoms with Crippen LogP contribution in [0.15, 0.2) is 6.07 Å². The third kappa shape index (κ3) is 5.76. The summed E-state index contributed by atoms with van der Waals surface area (Å²) in [6.07, 6.45) is 1.82. The van der Waals surface area contributed by atoms with Crippen LogP contribution >= 0.6 is 0 Å². The van der Waals surface area contributed by atoms with Crippen molar-refractivity contribution in [3.8, 4) is 0 Å². The highest BCUT2D eigenvalue weighted by Crippen LogP contribution is 2.27. The van der Waals surface area contributed by atoms with Crippen molar-refractivity contribution >= 4 is 5.91 Å². The summed E-state index contributed by atoms with van der Waals surface area (Å²) >= 11 is 0. The van der Waals surface area contributed by atoms with Crippen LogP contribution in [0.1, 0.15) is 71.1 Å². The first-order valence-electron chi connectivity index (χ1n) is 7.35. The third-order valence-electron chi connectivity index (χ3n) is 2.92. The average molecular weight is 279 g/mol. The fraction of sp³-hybridized carbons (Fsp3) is 0.750. The lowest BCUT2D eigenvalue weighted by Crippen LogP contribution is -2.45. The van der Waals surface area contributed by atoms with Crippen molar-refractivity contribution in [1.29, 1.82) is 0 Å². The number of nitrogens with one attached hydrogen (secondary N) is 2. The molecule has 0 aliphatic carbocycles. The molecule has 2 N–H and O–H groups in total. The highest BCUT2D eigenvalue weighted by atomic mass is 16.2. The molecule has 0 aliphatic rings. The second-order valence-electron chi connectivity index (χ2n) is 7.95. The van der Waals surface area contributed by atoms with Crippen LogP contribution < -0.4 is 5.32 Å². The number of carbonyl (C=O) groups is 1. The summed E-state index contributed by atoms with van der Waals surface area (Å²) < 4.78 is 0. The van der Waals surface area contributed by atoms with Gasteiger partial charge in [-0.2, -0.15) is 5.10 Å². The number of amides is 1. The van der Waals surface area contributed by atoms with E-state index in [1.807, 2.05) is 6.07 Å². The van der Waals surface area contributed by atoms with E-state index in [0.717, 1.165) is 18.5 Å². The summed E-state index contributed by atoms with van der Waals surface area (Å²) in [4.78, 5) is 12.3. The highest BCUT2D eigenvalue weighted by molar-refractivity contribution is 5.92. The lowest BCUT2D eigenvalue weighted by Gasteiger charge is -2.33. The first-order chi connectivity index (χ1) is 8.98. The van der Waals surface area contributed by atoms with E-state index in [0.29, 0.717) is 11.6 Å². The lowest BCUT2D eigenvalue weighted by molar-refractivity contribution is 0.0886. The van der Waals surface area contributed by atoms with Gasteiger partial charge in [0.2, 0.25) is 0 Å². The minimum atomic E-state index is -0.244. The van der Waals surface area contributed by atoms with E-state index in [1.54, 1.807) is 0 Å². The molecule has 0 aliphatic heterocycles. The van der Waals surface area contributed by atoms with Gasteiger partial charge in [0.1, 0.15) is 5.69 Å². The molecule has 1 aromatic rings. The summed E-state index contributed by atoms with van der Waals surface area (Å²) in [5.41, 5.74) is 1.42. The zero-order chi connectivity index (χ0) is 15.6. The van der Waals surface area contributed by atoms with Crippen LogP contribution in [-0.2, 0) is 6.42 Å². The van der Waals surface area contributed by atoms with E-state index < -0.39 is 0 Å². The van der Waals surface area contributed by atoms with E-state index in [-0.39, 0.29) is 16.9 Å². The topological polar surface area (TPSA) is 57.8 Å². The minimum Gasteiger partial charge on any atom is -0.346 e. The minimum absolute atomic E-state index is 0.106. The van der Waals surface area contributed by atoms with Crippen LogP contribution in [-0.4, -0.2) is 21.6 Å². The number of rotatable bonds is 5. The van der Waals surface area contributed by atoms with E-state index in [4.69, 9.17) is 0 Å². The smallest absolute Gasteiger partial charge is 0.272 e. The molecule has 0 aromatic carbocycles. The molecule has 1 aromatic heterocycles. The normalized spacial score (nSPS) is 12.8. The molecule has 1 amide bonds. The maximum atomic E-state index is 12.3. The molecule has 114 valence electrons. The number of H-pyrrole nitrogens is 1. The first-order valence-corrected chi connectivity index (χ1v) is 7.35. The number of aromatic amines is 1. The van der Waals surface area contributed by atoms with Crippen molar-refractivity contribution in [3.63, 3.8) is 0 Å². The Bertz CT molecular complexity index is 453. The van der Waals surface area contributed by atoms with Crippen molar-refractivity contribution in [3.05, 3.63) is 17.5 Å². The second-order valence-corrected chi connectivity index (χ2v) is 7.95. The van der Waals surface area contributed by atoms with E-state index in [2.05, 4.69) is 64.0 Å². The first kappa shape index (κ1) is 16.7. The van der Waals surface area contributed by atoms with Crippen molar-refractivity contribution in [2.75, 3.05) is 0 Å². The van der Waals surface area contributed by atoms with Crippen molar-refractivity contribution in [1.82, 2.24) is 15.5 Å². The van der Waals surface area contributed by atoms with Gasteiger partial charge < -0.3 is 5.32 Å². The Kier molecular flexibility index (Phi) is 5.00. The fourth-order valence-electron chi connectivity index (χ4n) is 2.76. The molecular formula is C16H29N3O. The Morgan fingerprint density at radius 3 is 2.40 bits per heavy atom. The van der Waals surface area contributed by atoms with E-state index in [1.165, 1.54) is 0 Å². The Morgan fingerprint density at radius 2 is 1.90 bits per heavy atom. The molecule has 0 atom stereocenters. The second kappa shape index (κ2) is 5.98. The Morgan fingerprint density at radius 1 is 1.30 bits per heavy atom. The summed E-state index contributed by atoms with van der Waals surface area (Å²) in [6, 6.07) is 1.85. The molecule has 0 spiro atoms. The van der Waals surface area contributed by atoms with Crippen molar-refractivity contribution in [2.45, 2.75) is 66.8 Å². The number of hydrogen-bond acceptors (Lipinski definition) is 2. The molecule has 0 bridgehead atoms. The maximum Gasteiger partial charge on any atom is 0.272 e. The predicted octanol–water partition coefficient (Wildman–Crippen LogP) is 3.55. The zero-order valence-electron chi connectivity index (χ0n) is 13.9. The van der Waals surface area contributed by atoms with Gasteiger partial charge in [-0.05, 0) is 44.1 Å². The average Bonchev–Trinajstić information content (AvgIpc) is 2.59. The molecule has 1 rings (SSSR count). The molecule has 0 saturated carbocycles. The molecular weight excluding hydrogens is 250 g/mol. The summed E-state index contributed by atoms with van der Waals surface area (Å²) in [5, 5.41) is 10.1. The zero-order valence-corrected chi connectivity index (χ0v) is 13.9. The van der Waals surface area contributed by atoms with Gasteiger partial charge in [0.15, 0.2) is 0 Å². The third-order valence-corrected chi connectivity index (χ3v) is 2.92. The number of aromatic nitrogens is 2. The van der Waals surface area contributed by atoms with Crippen molar-refractivity contribution < 1.29 is 4.79 Å². The van der Waals surface area contributed by atoms with Gasteiger partial charge in [-0.1, -0.05) is 34.6 Å². The molecule has 0 radical (unpaired) electrons. The van der Waals surface area contributed by atoms with Gasteiger partial charge >= 0.3 is 0 Å². The Balaban J connectivity index is 2.68. The van der Waals surface area contributed by atoms with Gasteiger partial charge in [-0.15, -0.1) is 0 Å². The van der Waals surface area contributed by atoms with Crippen LogP contribution in [0, 0.1) is 11.3 Å². The highest BCUT2D eigenvalue weighted by Gasteiger charge is 2.28. The van der Waals surface area contributed by atoms with E-state index in [9.17, 15) is 4.79 Å². The van der Waals surface area contributed by atoms with Crippen molar-refractivity contribution in [2.24, 2.45) is 11.3 Å². The maximum absolute atomic E-state index is 12.3. The fourth-order valence-corrected chi connectivity index (χ4v) is 2.76. The van der Waals surface area contributed by atoms with Gasteiger partial charge in [-0.25, -0.2) is 0 Å². The van der Waals surface area contributed by atoms with Gasteiger partial charge in [-0.3, -0.25) is 9.89 Å². The molecule has 0 fully saturated rings. The van der Waals surface area contributed by atoms with Crippen LogP contribution in [0.3, 0.4) is 0 Å². The Hall–Kier alpha value is -1.32. The summed E-state index contributed by atoms with van der Waals surface area (Å²) in [7, 11) is 0. The molecule has 4 heteroatoms. The molecule has 1 heterocycles. The van der Waals surface area contributed by atoms with Gasteiger partial charge in [0.05, 0.1) is 0 Å². The van der Waals surface area contributed by atoms with Crippen LogP contribution in [0.5, 0.6) is 0 Å². The number of carbonyl (C=O) groups excluding carboxylic acids is 1. The Labute approximate surface area is 122 Å². The lowest BCUT2D eigenvalue weighted by atomic mass is 9.82. The SMILES string of the molecule is CC(C)Cc1cc(C(=O)NC(C)(C)CC(C)(C)C)n[nH]1. The van der Waals surface area contributed by atoms with Crippen LogP contribution in [0.4, 0.5) is 0 Å². The summed E-state index contributed by atoms with van der Waals surface area (Å²) in [5.74, 6) is 0.439.